The summed E-state index contributed by atoms with van der Waals surface area (Å²) in [5, 5.41) is 8.90. The second-order valence-corrected chi connectivity index (χ2v) is 4.57. The molecule has 17 heavy (non-hydrogen) atoms. The van der Waals surface area contributed by atoms with Crippen LogP contribution in [0.5, 0.6) is 0 Å². The minimum absolute atomic E-state index is 0.0400. The highest BCUT2D eigenvalue weighted by atomic mass is 127. The molecule has 2 aromatic carbocycles. The van der Waals surface area contributed by atoms with Crippen molar-refractivity contribution in [2.24, 2.45) is 0 Å². The molecule has 0 saturated heterocycles. The van der Waals surface area contributed by atoms with E-state index in [1.165, 1.54) is 6.07 Å². The molecule has 0 fully saturated rings. The first kappa shape index (κ1) is 12.0. The van der Waals surface area contributed by atoms with Crippen LogP contribution >= 0.6 is 22.6 Å². The highest BCUT2D eigenvalue weighted by Crippen LogP contribution is 2.28. The summed E-state index contributed by atoms with van der Waals surface area (Å²) in [6.45, 7) is 0. The molecule has 2 rings (SSSR count). The number of hydrogen-bond acceptors (Lipinski definition) is 1. The normalized spacial score (nSPS) is 10.2. The van der Waals surface area contributed by atoms with Gasteiger partial charge in [0.2, 0.25) is 0 Å². The van der Waals surface area contributed by atoms with Gasteiger partial charge in [0, 0.05) is 0 Å². The molecule has 0 amide bonds. The quantitative estimate of drug-likeness (QED) is 0.843. The topological polar surface area (TPSA) is 37.3 Å². The van der Waals surface area contributed by atoms with E-state index < -0.39 is 11.8 Å². The first-order chi connectivity index (χ1) is 8.09. The summed E-state index contributed by atoms with van der Waals surface area (Å²) in [6.07, 6.45) is 0. The van der Waals surface area contributed by atoms with E-state index in [4.69, 9.17) is 5.11 Å². The SMILES string of the molecule is O=C(O)c1cc(F)c(I)c(-c2ccccc2)c1. The predicted octanol–water partition coefficient (Wildman–Crippen LogP) is 3.80. The van der Waals surface area contributed by atoms with Gasteiger partial charge in [-0.25, -0.2) is 9.18 Å². The number of rotatable bonds is 2. The molecular weight excluding hydrogens is 334 g/mol. The van der Waals surface area contributed by atoms with Crippen molar-refractivity contribution in [2.45, 2.75) is 0 Å². The number of benzene rings is 2. The van der Waals surface area contributed by atoms with Crippen LogP contribution in [0.2, 0.25) is 0 Å². The van der Waals surface area contributed by atoms with Crippen molar-refractivity contribution in [1.82, 2.24) is 0 Å². The molecule has 0 aliphatic heterocycles. The van der Waals surface area contributed by atoms with Crippen molar-refractivity contribution in [3.05, 3.63) is 57.4 Å². The maximum absolute atomic E-state index is 13.6. The van der Waals surface area contributed by atoms with Crippen molar-refractivity contribution in [3.8, 4) is 11.1 Å². The Morgan fingerprint density at radius 2 is 1.82 bits per heavy atom. The van der Waals surface area contributed by atoms with Gasteiger partial charge in [-0.05, 0) is 45.9 Å². The number of carbonyl (C=O) groups is 1. The van der Waals surface area contributed by atoms with E-state index in [2.05, 4.69) is 0 Å². The van der Waals surface area contributed by atoms with E-state index in [0.29, 0.717) is 9.13 Å². The Morgan fingerprint density at radius 1 is 1.18 bits per heavy atom. The molecule has 0 aliphatic rings. The van der Waals surface area contributed by atoms with Gasteiger partial charge < -0.3 is 5.11 Å². The van der Waals surface area contributed by atoms with E-state index in [1.54, 1.807) is 0 Å². The summed E-state index contributed by atoms with van der Waals surface area (Å²) >= 11 is 1.88. The Morgan fingerprint density at radius 3 is 2.41 bits per heavy atom. The van der Waals surface area contributed by atoms with Crippen LogP contribution in [0.1, 0.15) is 10.4 Å². The highest BCUT2D eigenvalue weighted by Gasteiger charge is 2.13. The maximum atomic E-state index is 13.6. The van der Waals surface area contributed by atoms with Crippen LogP contribution < -0.4 is 0 Å². The number of carboxylic acids is 1. The van der Waals surface area contributed by atoms with Gasteiger partial charge in [0.1, 0.15) is 5.82 Å². The van der Waals surface area contributed by atoms with Crippen LogP contribution in [0.25, 0.3) is 11.1 Å². The Balaban J connectivity index is 2.65. The Hall–Kier alpha value is -1.43. The molecule has 4 heteroatoms. The Bertz CT molecular complexity index is 567. The van der Waals surface area contributed by atoms with E-state index in [9.17, 15) is 9.18 Å². The minimum Gasteiger partial charge on any atom is -0.478 e. The van der Waals surface area contributed by atoms with E-state index >= 15 is 0 Å². The van der Waals surface area contributed by atoms with Crippen LogP contribution in [0, 0.1) is 9.39 Å². The lowest BCUT2D eigenvalue weighted by molar-refractivity contribution is 0.0696. The zero-order valence-electron chi connectivity index (χ0n) is 8.65. The number of hydrogen-bond donors (Lipinski definition) is 1. The second-order valence-electron chi connectivity index (χ2n) is 3.49. The molecule has 0 bridgehead atoms. The fourth-order valence-corrected chi connectivity index (χ4v) is 2.16. The van der Waals surface area contributed by atoms with Crippen molar-refractivity contribution in [1.29, 1.82) is 0 Å². The van der Waals surface area contributed by atoms with Gasteiger partial charge in [-0.2, -0.15) is 0 Å². The summed E-state index contributed by atoms with van der Waals surface area (Å²) in [5.74, 6) is -1.64. The average molecular weight is 342 g/mol. The molecule has 0 aromatic heterocycles. The summed E-state index contributed by atoms with van der Waals surface area (Å²) in [4.78, 5) is 10.9. The van der Waals surface area contributed by atoms with Crippen LogP contribution in [0.4, 0.5) is 4.39 Å². The molecule has 0 radical (unpaired) electrons. The van der Waals surface area contributed by atoms with E-state index in [-0.39, 0.29) is 5.56 Å². The molecule has 2 aromatic rings. The van der Waals surface area contributed by atoms with Crippen LogP contribution in [0.15, 0.2) is 42.5 Å². The van der Waals surface area contributed by atoms with Crippen molar-refractivity contribution < 1.29 is 14.3 Å². The lowest BCUT2D eigenvalue weighted by Crippen LogP contribution is -2.00. The molecule has 86 valence electrons. The molecule has 2 nitrogen and oxygen atoms in total. The standard InChI is InChI=1S/C13H8FIO2/c14-11-7-9(13(16)17)6-10(12(11)15)8-4-2-1-3-5-8/h1-7H,(H,16,17). The van der Waals surface area contributed by atoms with E-state index in [1.807, 2.05) is 52.9 Å². The number of aromatic carboxylic acids is 1. The van der Waals surface area contributed by atoms with Gasteiger partial charge >= 0.3 is 5.97 Å². The third kappa shape index (κ3) is 2.46. The van der Waals surface area contributed by atoms with Crippen molar-refractivity contribution in [2.75, 3.05) is 0 Å². The third-order valence-corrected chi connectivity index (χ3v) is 3.46. The summed E-state index contributed by atoms with van der Waals surface area (Å²) < 4.78 is 14.0. The molecular formula is C13H8FIO2. The van der Waals surface area contributed by atoms with Crippen LogP contribution in [0.3, 0.4) is 0 Å². The molecule has 0 heterocycles. The fraction of sp³-hybridized carbons (Fsp3) is 0. The van der Waals surface area contributed by atoms with Crippen LogP contribution in [-0.2, 0) is 0 Å². The van der Waals surface area contributed by atoms with Crippen molar-refractivity contribution in [3.63, 3.8) is 0 Å². The summed E-state index contributed by atoms with van der Waals surface area (Å²) in [6, 6.07) is 11.7. The monoisotopic (exact) mass is 342 g/mol. The molecule has 0 atom stereocenters. The molecule has 0 unspecified atom stereocenters. The number of carboxylic acid groups (broad SMARTS) is 1. The summed E-state index contributed by atoms with van der Waals surface area (Å²) in [5.41, 5.74) is 1.37. The van der Waals surface area contributed by atoms with Gasteiger partial charge in [0.25, 0.3) is 0 Å². The molecule has 0 spiro atoms. The first-order valence-corrected chi connectivity index (χ1v) is 5.95. The fourth-order valence-electron chi connectivity index (χ4n) is 1.54. The zero-order chi connectivity index (χ0) is 12.4. The Labute approximate surface area is 111 Å². The first-order valence-electron chi connectivity index (χ1n) is 4.87. The van der Waals surface area contributed by atoms with Gasteiger partial charge in [-0.3, -0.25) is 0 Å². The van der Waals surface area contributed by atoms with Crippen LogP contribution in [-0.4, -0.2) is 11.1 Å². The minimum atomic E-state index is -1.13. The van der Waals surface area contributed by atoms with Gasteiger partial charge in [-0.1, -0.05) is 30.3 Å². The van der Waals surface area contributed by atoms with Gasteiger partial charge in [0.15, 0.2) is 0 Å². The second kappa shape index (κ2) is 4.83. The third-order valence-electron chi connectivity index (χ3n) is 2.36. The summed E-state index contributed by atoms with van der Waals surface area (Å²) in [7, 11) is 0. The van der Waals surface area contributed by atoms with Crippen molar-refractivity contribution >= 4 is 28.6 Å². The highest BCUT2D eigenvalue weighted by molar-refractivity contribution is 14.1. The smallest absolute Gasteiger partial charge is 0.335 e. The lowest BCUT2D eigenvalue weighted by atomic mass is 10.0. The molecule has 0 aliphatic carbocycles. The molecule has 0 saturated carbocycles. The Kier molecular flexibility index (Phi) is 3.42. The number of halogens is 2. The van der Waals surface area contributed by atoms with E-state index in [0.717, 1.165) is 11.6 Å². The lowest BCUT2D eigenvalue weighted by Gasteiger charge is -2.07. The maximum Gasteiger partial charge on any atom is 0.335 e. The largest absolute Gasteiger partial charge is 0.478 e. The molecule has 1 N–H and O–H groups in total. The van der Waals surface area contributed by atoms with Gasteiger partial charge in [0.05, 0.1) is 9.13 Å². The average Bonchev–Trinajstić information content (AvgIpc) is 2.33. The van der Waals surface area contributed by atoms with Gasteiger partial charge in [-0.15, -0.1) is 0 Å². The predicted molar refractivity (Wildman–Crippen MR) is 71.5 cm³/mol. The zero-order valence-corrected chi connectivity index (χ0v) is 10.8.